The van der Waals surface area contributed by atoms with Crippen molar-refractivity contribution in [2.45, 2.75) is 0 Å². The molecule has 0 saturated carbocycles. The fourth-order valence-corrected chi connectivity index (χ4v) is 2.21. The van der Waals surface area contributed by atoms with E-state index in [0.29, 0.717) is 21.4 Å². The molecule has 1 aromatic heterocycles. The van der Waals surface area contributed by atoms with Gasteiger partial charge in [0, 0.05) is 15.4 Å². The lowest BCUT2D eigenvalue weighted by Gasteiger charge is -2.03. The van der Waals surface area contributed by atoms with Crippen LogP contribution in [0.4, 0.5) is 0 Å². The minimum absolute atomic E-state index is 0.102. The predicted octanol–water partition coefficient (Wildman–Crippen LogP) is 5.00. The second-order valence-electron chi connectivity index (χ2n) is 4.46. The molecule has 0 radical (unpaired) electrons. The Balaban J connectivity index is 1.73. The minimum Gasteiger partial charge on any atom is -0.485 e. The van der Waals surface area contributed by atoms with E-state index in [4.69, 9.17) is 32.4 Å². The fourth-order valence-electron chi connectivity index (χ4n) is 1.90. The number of rotatable bonds is 4. The number of hydrogen-bond donors (Lipinski definition) is 0. The van der Waals surface area contributed by atoms with Crippen LogP contribution in [0.2, 0.25) is 10.0 Å². The zero-order valence-corrected chi connectivity index (χ0v) is 12.3. The van der Waals surface area contributed by atoms with Crippen molar-refractivity contribution in [1.29, 1.82) is 0 Å². The third-order valence-electron chi connectivity index (χ3n) is 2.94. The summed E-state index contributed by atoms with van der Waals surface area (Å²) in [6, 6.07) is 13.7. The standard InChI is InChI=1S/C16H10Cl2O3/c17-11-1-4-13(5-2-11)20-9-14(19)16-8-10-7-12(18)3-6-15(10)21-16/h1-8H,9H2. The molecule has 0 spiro atoms. The topological polar surface area (TPSA) is 39.4 Å². The van der Waals surface area contributed by atoms with E-state index in [1.54, 1.807) is 48.5 Å². The van der Waals surface area contributed by atoms with Crippen molar-refractivity contribution in [3.05, 3.63) is 64.3 Å². The van der Waals surface area contributed by atoms with Crippen LogP contribution in [0.5, 0.6) is 5.75 Å². The lowest BCUT2D eigenvalue weighted by atomic mass is 10.2. The average Bonchev–Trinajstić information content (AvgIpc) is 2.89. The van der Waals surface area contributed by atoms with Gasteiger partial charge in [-0.05, 0) is 48.5 Å². The van der Waals surface area contributed by atoms with E-state index in [-0.39, 0.29) is 18.2 Å². The summed E-state index contributed by atoms with van der Waals surface area (Å²) < 4.78 is 10.9. The highest BCUT2D eigenvalue weighted by molar-refractivity contribution is 6.31. The molecule has 0 bridgehead atoms. The molecule has 106 valence electrons. The van der Waals surface area contributed by atoms with Gasteiger partial charge in [-0.2, -0.15) is 0 Å². The van der Waals surface area contributed by atoms with E-state index in [1.807, 2.05) is 0 Å². The quantitative estimate of drug-likeness (QED) is 0.635. The molecule has 3 aromatic rings. The summed E-state index contributed by atoms with van der Waals surface area (Å²) in [6.45, 7) is -0.102. The van der Waals surface area contributed by atoms with Gasteiger partial charge in [0.1, 0.15) is 11.3 Å². The lowest BCUT2D eigenvalue weighted by molar-refractivity contribution is 0.0896. The fraction of sp³-hybridized carbons (Fsp3) is 0.0625. The van der Waals surface area contributed by atoms with Crippen LogP contribution in [0, 0.1) is 0 Å². The number of Topliss-reactive ketones (excluding diaryl/α,β-unsaturated/α-hetero) is 1. The molecule has 0 N–H and O–H groups in total. The SMILES string of the molecule is O=C(COc1ccc(Cl)cc1)c1cc2cc(Cl)ccc2o1. The van der Waals surface area contributed by atoms with Crippen LogP contribution in [0.15, 0.2) is 52.9 Å². The maximum atomic E-state index is 12.1. The molecule has 5 heteroatoms. The van der Waals surface area contributed by atoms with Crippen LogP contribution in [-0.4, -0.2) is 12.4 Å². The van der Waals surface area contributed by atoms with Gasteiger partial charge in [0.25, 0.3) is 0 Å². The molecule has 0 fully saturated rings. The van der Waals surface area contributed by atoms with Crippen LogP contribution in [-0.2, 0) is 0 Å². The average molecular weight is 321 g/mol. The molecule has 0 atom stereocenters. The first kappa shape index (κ1) is 14.0. The van der Waals surface area contributed by atoms with Gasteiger partial charge in [-0.25, -0.2) is 0 Å². The summed E-state index contributed by atoms with van der Waals surface area (Å²) >= 11 is 11.7. The number of halogens is 2. The Morgan fingerprint density at radius 2 is 1.71 bits per heavy atom. The molecule has 3 rings (SSSR count). The summed E-state index contributed by atoms with van der Waals surface area (Å²) in [5, 5.41) is 2.00. The Bertz CT molecular complexity index is 791. The summed E-state index contributed by atoms with van der Waals surface area (Å²) in [5.41, 5.74) is 0.620. The van der Waals surface area contributed by atoms with Crippen molar-refractivity contribution < 1.29 is 13.9 Å². The maximum Gasteiger partial charge on any atom is 0.235 e. The second kappa shape index (κ2) is 5.80. The Labute approximate surface area is 131 Å². The number of hydrogen-bond acceptors (Lipinski definition) is 3. The number of carbonyl (C=O) groups excluding carboxylic acids is 1. The summed E-state index contributed by atoms with van der Waals surface area (Å²) in [6.07, 6.45) is 0. The van der Waals surface area contributed by atoms with Gasteiger partial charge in [-0.15, -0.1) is 0 Å². The third-order valence-corrected chi connectivity index (χ3v) is 3.42. The molecule has 1 heterocycles. The number of carbonyl (C=O) groups is 1. The van der Waals surface area contributed by atoms with Crippen LogP contribution in [0.1, 0.15) is 10.6 Å². The van der Waals surface area contributed by atoms with Crippen LogP contribution >= 0.6 is 23.2 Å². The molecule has 0 amide bonds. The van der Waals surface area contributed by atoms with E-state index in [9.17, 15) is 4.79 Å². The molecular weight excluding hydrogens is 311 g/mol. The molecule has 0 aliphatic heterocycles. The normalized spacial score (nSPS) is 10.8. The van der Waals surface area contributed by atoms with E-state index in [1.165, 1.54) is 0 Å². The Morgan fingerprint density at radius 1 is 1.00 bits per heavy atom. The van der Waals surface area contributed by atoms with Gasteiger partial charge < -0.3 is 9.15 Å². The number of ether oxygens (including phenoxy) is 1. The number of benzene rings is 2. The van der Waals surface area contributed by atoms with E-state index >= 15 is 0 Å². The largest absolute Gasteiger partial charge is 0.485 e. The molecule has 2 aromatic carbocycles. The van der Waals surface area contributed by atoms with Crippen LogP contribution in [0.25, 0.3) is 11.0 Å². The van der Waals surface area contributed by atoms with E-state index in [0.717, 1.165) is 5.39 Å². The highest BCUT2D eigenvalue weighted by atomic mass is 35.5. The molecule has 3 nitrogen and oxygen atoms in total. The zero-order valence-electron chi connectivity index (χ0n) is 10.8. The van der Waals surface area contributed by atoms with Gasteiger partial charge in [-0.1, -0.05) is 23.2 Å². The number of furan rings is 1. The minimum atomic E-state index is -0.239. The summed E-state index contributed by atoms with van der Waals surface area (Å²) in [7, 11) is 0. The van der Waals surface area contributed by atoms with Crippen molar-refractivity contribution >= 4 is 40.0 Å². The van der Waals surface area contributed by atoms with Crippen molar-refractivity contribution in [3.8, 4) is 5.75 Å². The molecule has 0 unspecified atom stereocenters. The van der Waals surface area contributed by atoms with E-state index in [2.05, 4.69) is 0 Å². The monoisotopic (exact) mass is 320 g/mol. The number of fused-ring (bicyclic) bond motifs is 1. The number of ketones is 1. The van der Waals surface area contributed by atoms with Crippen molar-refractivity contribution in [2.75, 3.05) is 6.61 Å². The summed E-state index contributed by atoms with van der Waals surface area (Å²) in [5.74, 6) is 0.588. The van der Waals surface area contributed by atoms with Gasteiger partial charge in [-0.3, -0.25) is 4.79 Å². The smallest absolute Gasteiger partial charge is 0.235 e. The van der Waals surface area contributed by atoms with Crippen molar-refractivity contribution in [2.24, 2.45) is 0 Å². The van der Waals surface area contributed by atoms with Gasteiger partial charge in [0.05, 0.1) is 0 Å². The maximum absolute atomic E-state index is 12.1. The van der Waals surface area contributed by atoms with E-state index < -0.39 is 0 Å². The Morgan fingerprint density at radius 3 is 2.48 bits per heavy atom. The second-order valence-corrected chi connectivity index (χ2v) is 5.33. The highest BCUT2D eigenvalue weighted by Gasteiger charge is 2.13. The molecule has 21 heavy (non-hydrogen) atoms. The Kier molecular flexibility index (Phi) is 3.86. The van der Waals surface area contributed by atoms with Gasteiger partial charge in [0.15, 0.2) is 12.4 Å². The summed E-state index contributed by atoms with van der Waals surface area (Å²) in [4.78, 5) is 12.1. The molecule has 0 saturated heterocycles. The molecular formula is C16H10Cl2O3. The third kappa shape index (κ3) is 3.20. The van der Waals surface area contributed by atoms with Crippen molar-refractivity contribution in [1.82, 2.24) is 0 Å². The first-order valence-corrected chi connectivity index (χ1v) is 6.98. The van der Waals surface area contributed by atoms with Crippen LogP contribution < -0.4 is 4.74 Å². The molecule has 0 aliphatic rings. The highest BCUT2D eigenvalue weighted by Crippen LogP contribution is 2.23. The first-order chi connectivity index (χ1) is 10.1. The van der Waals surface area contributed by atoms with Gasteiger partial charge in [0.2, 0.25) is 5.78 Å². The molecule has 0 aliphatic carbocycles. The predicted molar refractivity (Wildman–Crippen MR) is 82.5 cm³/mol. The van der Waals surface area contributed by atoms with Crippen molar-refractivity contribution in [3.63, 3.8) is 0 Å². The zero-order chi connectivity index (χ0) is 14.8. The Hall–Kier alpha value is -1.97. The lowest BCUT2D eigenvalue weighted by Crippen LogP contribution is -2.10. The van der Waals surface area contributed by atoms with Gasteiger partial charge >= 0.3 is 0 Å². The van der Waals surface area contributed by atoms with Crippen LogP contribution in [0.3, 0.4) is 0 Å². The first-order valence-electron chi connectivity index (χ1n) is 6.22.